The Morgan fingerprint density at radius 2 is 2.44 bits per heavy atom. The van der Waals surface area contributed by atoms with Crippen molar-refractivity contribution in [1.29, 1.82) is 0 Å². The predicted octanol–water partition coefficient (Wildman–Crippen LogP) is 1.40. The van der Waals surface area contributed by atoms with Crippen molar-refractivity contribution in [2.24, 2.45) is 0 Å². The van der Waals surface area contributed by atoms with E-state index in [0.29, 0.717) is 5.00 Å². The van der Waals surface area contributed by atoms with Crippen LogP contribution in [0.25, 0.3) is 0 Å². The second-order valence-corrected chi connectivity index (χ2v) is 4.79. The first-order valence-corrected chi connectivity index (χ1v) is 5.91. The molecule has 2 rings (SSSR count). The molecule has 0 spiro atoms. The molecule has 16 heavy (non-hydrogen) atoms. The lowest BCUT2D eigenvalue weighted by Gasteiger charge is -2.09. The smallest absolute Gasteiger partial charge is 0.359 e. The number of anilines is 1. The molecule has 0 saturated carbocycles. The topological polar surface area (TPSA) is 74.4 Å². The van der Waals surface area contributed by atoms with Gasteiger partial charge in [-0.05, 0) is 13.3 Å². The Bertz CT molecular complexity index is 405. The van der Waals surface area contributed by atoms with E-state index in [9.17, 15) is 4.79 Å². The molecule has 1 aromatic heterocycles. The van der Waals surface area contributed by atoms with Gasteiger partial charge in [-0.3, -0.25) is 0 Å². The lowest BCUT2D eigenvalue weighted by molar-refractivity contribution is 0.0595. The molecule has 0 aromatic carbocycles. The van der Waals surface area contributed by atoms with E-state index in [4.69, 9.17) is 10.5 Å². The molecular formula is C10H14N2O3S. The van der Waals surface area contributed by atoms with Crippen molar-refractivity contribution >= 4 is 22.3 Å². The van der Waals surface area contributed by atoms with Gasteiger partial charge in [0.25, 0.3) is 0 Å². The molecular weight excluding hydrogens is 228 g/mol. The molecule has 2 unspecified atom stereocenters. The number of carbonyl (C=O) groups excluding carboxylic acids is 1. The number of nitrogens with two attached hydrogens (primary N) is 1. The summed E-state index contributed by atoms with van der Waals surface area (Å²) in [5.74, 6) is -0.239. The van der Waals surface area contributed by atoms with Crippen LogP contribution in [0.3, 0.4) is 0 Å². The first-order chi connectivity index (χ1) is 7.63. The van der Waals surface area contributed by atoms with E-state index >= 15 is 0 Å². The maximum atomic E-state index is 11.4. The van der Waals surface area contributed by atoms with Crippen LogP contribution < -0.4 is 5.73 Å². The normalized spacial score (nSPS) is 24.6. The average Bonchev–Trinajstić information content (AvgIpc) is 2.83. The summed E-state index contributed by atoms with van der Waals surface area (Å²) in [4.78, 5) is 15.6. The quantitative estimate of drug-likeness (QED) is 0.793. The molecule has 2 heterocycles. The number of carbonyl (C=O) groups is 1. The highest BCUT2D eigenvalue weighted by Gasteiger charge is 2.30. The van der Waals surface area contributed by atoms with E-state index in [1.807, 2.05) is 6.92 Å². The van der Waals surface area contributed by atoms with Crippen LogP contribution in [0.4, 0.5) is 5.00 Å². The van der Waals surface area contributed by atoms with E-state index in [2.05, 4.69) is 9.72 Å². The molecule has 1 saturated heterocycles. The van der Waals surface area contributed by atoms with Gasteiger partial charge in [0.1, 0.15) is 10.0 Å². The van der Waals surface area contributed by atoms with Crippen LogP contribution in [-0.4, -0.2) is 30.8 Å². The fourth-order valence-electron chi connectivity index (χ4n) is 1.81. The highest BCUT2D eigenvalue weighted by molar-refractivity contribution is 7.16. The number of hydrogen-bond acceptors (Lipinski definition) is 6. The van der Waals surface area contributed by atoms with Gasteiger partial charge in [0.2, 0.25) is 0 Å². The molecule has 1 aromatic rings. The second kappa shape index (κ2) is 4.39. The summed E-state index contributed by atoms with van der Waals surface area (Å²) in [6, 6.07) is 0. The molecule has 0 aliphatic carbocycles. The van der Waals surface area contributed by atoms with Crippen molar-refractivity contribution in [2.75, 3.05) is 19.5 Å². The number of nitrogens with zero attached hydrogens (tertiary/aromatic N) is 1. The number of ether oxygens (including phenoxy) is 2. The lowest BCUT2D eigenvalue weighted by atomic mass is 10.0. The van der Waals surface area contributed by atoms with Crippen molar-refractivity contribution in [1.82, 2.24) is 4.98 Å². The Balaban J connectivity index is 2.26. The Hall–Kier alpha value is -1.14. The summed E-state index contributed by atoms with van der Waals surface area (Å²) < 4.78 is 10.1. The minimum atomic E-state index is -0.480. The molecule has 1 aliphatic heterocycles. The molecule has 2 N–H and O–H groups in total. The van der Waals surface area contributed by atoms with E-state index in [1.165, 1.54) is 18.4 Å². The third kappa shape index (κ3) is 1.90. The highest BCUT2D eigenvalue weighted by atomic mass is 32.1. The third-order valence-corrected chi connectivity index (χ3v) is 3.76. The zero-order valence-electron chi connectivity index (χ0n) is 9.23. The highest BCUT2D eigenvalue weighted by Crippen LogP contribution is 2.36. The monoisotopic (exact) mass is 242 g/mol. The van der Waals surface area contributed by atoms with Crippen molar-refractivity contribution in [2.45, 2.75) is 25.4 Å². The fourth-order valence-corrected chi connectivity index (χ4v) is 2.86. The van der Waals surface area contributed by atoms with Gasteiger partial charge in [0.05, 0.1) is 13.2 Å². The van der Waals surface area contributed by atoms with Gasteiger partial charge >= 0.3 is 5.97 Å². The van der Waals surface area contributed by atoms with Gasteiger partial charge in [-0.25, -0.2) is 9.78 Å². The van der Waals surface area contributed by atoms with Crippen LogP contribution in [0, 0.1) is 0 Å². The Labute approximate surface area is 97.6 Å². The molecule has 0 radical (unpaired) electrons. The van der Waals surface area contributed by atoms with E-state index in [1.54, 1.807) is 0 Å². The number of thiazole rings is 1. The zero-order valence-corrected chi connectivity index (χ0v) is 10.0. The van der Waals surface area contributed by atoms with Crippen LogP contribution in [0.2, 0.25) is 0 Å². The van der Waals surface area contributed by atoms with Crippen LogP contribution in [0.5, 0.6) is 0 Å². The van der Waals surface area contributed by atoms with E-state index in [0.717, 1.165) is 18.0 Å². The molecule has 5 nitrogen and oxygen atoms in total. The molecule has 1 aliphatic rings. The Morgan fingerprint density at radius 1 is 1.69 bits per heavy atom. The van der Waals surface area contributed by atoms with E-state index < -0.39 is 5.97 Å². The Morgan fingerprint density at radius 3 is 3.00 bits per heavy atom. The minimum absolute atomic E-state index is 0.135. The number of esters is 1. The summed E-state index contributed by atoms with van der Waals surface area (Å²) >= 11 is 1.34. The number of hydrogen-bond donors (Lipinski definition) is 1. The average molecular weight is 242 g/mol. The SMILES string of the molecule is COC(=O)c1nc(C2CCOC2C)sc1N. The van der Waals surface area contributed by atoms with Crippen molar-refractivity contribution in [3.8, 4) is 0 Å². The predicted molar refractivity (Wildman–Crippen MR) is 60.6 cm³/mol. The van der Waals surface area contributed by atoms with Crippen LogP contribution in [0.15, 0.2) is 0 Å². The van der Waals surface area contributed by atoms with Gasteiger partial charge in [0.15, 0.2) is 5.69 Å². The molecule has 88 valence electrons. The molecule has 2 atom stereocenters. The number of rotatable bonds is 2. The van der Waals surface area contributed by atoms with E-state index in [-0.39, 0.29) is 17.7 Å². The third-order valence-electron chi connectivity index (χ3n) is 2.74. The van der Waals surface area contributed by atoms with Crippen LogP contribution in [-0.2, 0) is 9.47 Å². The largest absolute Gasteiger partial charge is 0.464 e. The van der Waals surface area contributed by atoms with Gasteiger partial charge < -0.3 is 15.2 Å². The number of nitrogen functional groups attached to an aromatic ring is 1. The second-order valence-electron chi connectivity index (χ2n) is 3.73. The Kier molecular flexibility index (Phi) is 3.11. The summed E-state index contributed by atoms with van der Waals surface area (Å²) in [7, 11) is 1.32. The van der Waals surface area contributed by atoms with Crippen molar-refractivity contribution < 1.29 is 14.3 Å². The summed E-state index contributed by atoms with van der Waals surface area (Å²) in [5, 5.41) is 1.28. The minimum Gasteiger partial charge on any atom is -0.464 e. The standard InChI is InChI=1S/C10H14N2O3S/c1-5-6(3-4-15-5)9-12-7(8(11)16-9)10(13)14-2/h5-6H,3-4,11H2,1-2H3. The van der Waals surface area contributed by atoms with Gasteiger partial charge in [-0.1, -0.05) is 0 Å². The molecule has 6 heteroatoms. The van der Waals surface area contributed by atoms with Gasteiger partial charge in [-0.2, -0.15) is 0 Å². The maximum Gasteiger partial charge on any atom is 0.359 e. The number of methoxy groups -OCH3 is 1. The number of aromatic nitrogens is 1. The van der Waals surface area contributed by atoms with Crippen molar-refractivity contribution in [3.05, 3.63) is 10.7 Å². The summed E-state index contributed by atoms with van der Waals surface area (Å²) in [6.07, 6.45) is 1.06. The first kappa shape index (κ1) is 11.3. The maximum absolute atomic E-state index is 11.4. The molecule has 0 amide bonds. The first-order valence-electron chi connectivity index (χ1n) is 5.09. The summed E-state index contributed by atoms with van der Waals surface area (Å²) in [5.41, 5.74) is 5.97. The molecule has 0 bridgehead atoms. The lowest BCUT2D eigenvalue weighted by Crippen LogP contribution is -2.10. The van der Waals surface area contributed by atoms with Gasteiger partial charge in [-0.15, -0.1) is 11.3 Å². The van der Waals surface area contributed by atoms with Crippen LogP contribution >= 0.6 is 11.3 Å². The van der Waals surface area contributed by atoms with Crippen LogP contribution in [0.1, 0.15) is 34.8 Å². The molecule has 1 fully saturated rings. The fraction of sp³-hybridized carbons (Fsp3) is 0.600. The van der Waals surface area contributed by atoms with Gasteiger partial charge in [0, 0.05) is 12.5 Å². The summed E-state index contributed by atoms with van der Waals surface area (Å²) in [6.45, 7) is 2.74. The zero-order chi connectivity index (χ0) is 11.7. The van der Waals surface area contributed by atoms with Crippen molar-refractivity contribution in [3.63, 3.8) is 0 Å².